The molecule has 0 bridgehead atoms. The smallest absolute Gasteiger partial charge is 0.242 e. The van der Waals surface area contributed by atoms with Gasteiger partial charge >= 0.3 is 0 Å². The van der Waals surface area contributed by atoms with Gasteiger partial charge in [-0.1, -0.05) is 60.5 Å². The summed E-state index contributed by atoms with van der Waals surface area (Å²) in [6.45, 7) is 5.89. The first kappa shape index (κ1) is 28.9. The normalized spacial score (nSPS) is 13.1. The molecule has 1 N–H and O–H groups in total. The lowest BCUT2D eigenvalue weighted by Gasteiger charge is -2.30. The Labute approximate surface area is 218 Å². The number of anilines is 1. The fraction of sp³-hybridized carbons (Fsp3) is 0.440. The van der Waals surface area contributed by atoms with Crippen LogP contribution in [0.2, 0.25) is 10.0 Å². The molecule has 192 valence electrons. The van der Waals surface area contributed by atoms with Crippen molar-refractivity contribution >= 4 is 50.7 Å². The van der Waals surface area contributed by atoms with Crippen molar-refractivity contribution in [3.8, 4) is 0 Å². The molecule has 0 fully saturated rings. The number of nitrogens with zero attached hydrogens (tertiary/aromatic N) is 2. The van der Waals surface area contributed by atoms with Crippen molar-refractivity contribution < 1.29 is 18.0 Å². The zero-order valence-electron chi connectivity index (χ0n) is 20.5. The first-order chi connectivity index (χ1) is 16.4. The predicted molar refractivity (Wildman–Crippen MR) is 142 cm³/mol. The van der Waals surface area contributed by atoms with E-state index in [4.69, 9.17) is 23.2 Å². The molecule has 10 heteroatoms. The van der Waals surface area contributed by atoms with E-state index in [9.17, 15) is 18.0 Å². The predicted octanol–water partition coefficient (Wildman–Crippen LogP) is 4.87. The van der Waals surface area contributed by atoms with Gasteiger partial charge < -0.3 is 10.2 Å². The van der Waals surface area contributed by atoms with Gasteiger partial charge in [0.2, 0.25) is 21.8 Å². The van der Waals surface area contributed by atoms with Crippen LogP contribution in [0.3, 0.4) is 0 Å². The number of benzene rings is 2. The Bertz CT molecular complexity index is 1110. The summed E-state index contributed by atoms with van der Waals surface area (Å²) in [4.78, 5) is 27.6. The molecule has 0 spiro atoms. The van der Waals surface area contributed by atoms with Crippen LogP contribution in [0.1, 0.15) is 45.6 Å². The van der Waals surface area contributed by atoms with Crippen LogP contribution in [0.4, 0.5) is 5.69 Å². The van der Waals surface area contributed by atoms with Crippen molar-refractivity contribution in [3.05, 3.63) is 64.1 Å². The largest absolute Gasteiger partial charge is 0.352 e. The summed E-state index contributed by atoms with van der Waals surface area (Å²) in [6.07, 6.45) is 2.14. The average Bonchev–Trinajstić information content (AvgIpc) is 2.81. The molecule has 35 heavy (non-hydrogen) atoms. The maximum atomic E-state index is 13.3. The minimum atomic E-state index is -3.67. The number of hydrogen-bond acceptors (Lipinski definition) is 4. The SMILES string of the molecule is CCC(C)NC(=O)C(C)N(Cc1ccccc1)C(=O)CCCN(c1cc(Cl)ccc1Cl)S(C)(=O)=O. The van der Waals surface area contributed by atoms with Gasteiger partial charge in [-0.05, 0) is 50.5 Å². The van der Waals surface area contributed by atoms with Crippen LogP contribution >= 0.6 is 23.2 Å². The number of sulfonamides is 1. The summed E-state index contributed by atoms with van der Waals surface area (Å²) >= 11 is 12.3. The van der Waals surface area contributed by atoms with Crippen molar-refractivity contribution in [3.63, 3.8) is 0 Å². The molecule has 0 saturated heterocycles. The third kappa shape index (κ3) is 8.70. The highest BCUT2D eigenvalue weighted by molar-refractivity contribution is 7.92. The van der Waals surface area contributed by atoms with Crippen LogP contribution in [0.25, 0.3) is 0 Å². The fourth-order valence-electron chi connectivity index (χ4n) is 3.49. The summed E-state index contributed by atoms with van der Waals surface area (Å²) < 4.78 is 26.0. The van der Waals surface area contributed by atoms with Crippen LogP contribution in [0.5, 0.6) is 0 Å². The van der Waals surface area contributed by atoms with E-state index in [0.717, 1.165) is 22.5 Å². The standard InChI is InChI=1S/C25H33Cl2N3O4S/c1-5-18(2)28-25(32)19(3)29(17-20-10-7-6-8-11-20)24(31)12-9-15-30(35(4,33)34)23-16-21(26)13-14-22(23)27/h6-8,10-11,13-14,16,18-19H,5,9,12,15,17H2,1-4H3,(H,28,32). The van der Waals surface area contributed by atoms with Crippen molar-refractivity contribution in [1.29, 1.82) is 0 Å². The van der Waals surface area contributed by atoms with E-state index in [2.05, 4.69) is 5.32 Å². The van der Waals surface area contributed by atoms with Crippen LogP contribution in [-0.4, -0.2) is 50.0 Å². The highest BCUT2D eigenvalue weighted by Gasteiger charge is 2.27. The second-order valence-electron chi connectivity index (χ2n) is 8.54. The second kappa shape index (κ2) is 13.1. The van der Waals surface area contributed by atoms with Gasteiger partial charge in [-0.3, -0.25) is 13.9 Å². The van der Waals surface area contributed by atoms with Crippen molar-refractivity contribution in [2.45, 2.75) is 58.7 Å². The molecule has 2 unspecified atom stereocenters. The monoisotopic (exact) mass is 541 g/mol. The Kier molecular flexibility index (Phi) is 10.9. The van der Waals surface area contributed by atoms with E-state index < -0.39 is 16.1 Å². The zero-order valence-corrected chi connectivity index (χ0v) is 22.8. The highest BCUT2D eigenvalue weighted by atomic mass is 35.5. The van der Waals surface area contributed by atoms with Gasteiger partial charge in [0.15, 0.2) is 0 Å². The number of carbonyl (C=O) groups excluding carboxylic acids is 2. The maximum absolute atomic E-state index is 13.3. The van der Waals surface area contributed by atoms with Crippen molar-refractivity contribution in [1.82, 2.24) is 10.2 Å². The average molecular weight is 543 g/mol. The molecule has 2 aromatic rings. The van der Waals surface area contributed by atoms with Crippen LogP contribution in [0, 0.1) is 0 Å². The first-order valence-corrected chi connectivity index (χ1v) is 14.1. The van der Waals surface area contributed by atoms with E-state index in [1.165, 1.54) is 17.0 Å². The Morgan fingerprint density at radius 3 is 2.31 bits per heavy atom. The Balaban J connectivity index is 2.18. The maximum Gasteiger partial charge on any atom is 0.242 e. The van der Waals surface area contributed by atoms with Crippen LogP contribution < -0.4 is 9.62 Å². The fourth-order valence-corrected chi connectivity index (χ4v) is 4.89. The molecule has 2 aromatic carbocycles. The minimum Gasteiger partial charge on any atom is -0.352 e. The third-order valence-electron chi connectivity index (χ3n) is 5.69. The van der Waals surface area contributed by atoms with E-state index in [1.807, 2.05) is 44.2 Å². The molecule has 0 aliphatic rings. The molecule has 0 heterocycles. The summed E-state index contributed by atoms with van der Waals surface area (Å²) in [7, 11) is -3.67. The van der Waals surface area contributed by atoms with Crippen LogP contribution in [-0.2, 0) is 26.2 Å². The molecular weight excluding hydrogens is 509 g/mol. The van der Waals surface area contributed by atoms with Gasteiger partial charge in [-0.25, -0.2) is 8.42 Å². The number of halogens is 2. The molecular formula is C25H33Cl2N3O4S. The Hall–Kier alpha value is -2.29. The van der Waals surface area contributed by atoms with Gasteiger partial charge in [0.1, 0.15) is 6.04 Å². The lowest BCUT2D eigenvalue weighted by Crippen LogP contribution is -2.49. The molecule has 0 aliphatic heterocycles. The topological polar surface area (TPSA) is 86.8 Å². The van der Waals surface area contributed by atoms with Gasteiger partial charge in [0.05, 0.1) is 17.0 Å². The highest BCUT2D eigenvalue weighted by Crippen LogP contribution is 2.31. The molecule has 0 saturated carbocycles. The van der Waals surface area contributed by atoms with E-state index >= 15 is 0 Å². The molecule has 0 aromatic heterocycles. The van der Waals surface area contributed by atoms with Crippen molar-refractivity contribution in [2.75, 3.05) is 17.1 Å². The number of rotatable bonds is 12. The van der Waals surface area contributed by atoms with Gasteiger partial charge in [0, 0.05) is 30.6 Å². The Morgan fingerprint density at radius 2 is 1.71 bits per heavy atom. The van der Waals surface area contributed by atoms with E-state index in [-0.39, 0.29) is 54.5 Å². The summed E-state index contributed by atoms with van der Waals surface area (Å²) in [5.74, 6) is -0.474. The molecule has 2 amide bonds. The Morgan fingerprint density at radius 1 is 1.06 bits per heavy atom. The molecule has 2 atom stereocenters. The molecule has 0 aliphatic carbocycles. The van der Waals surface area contributed by atoms with Gasteiger partial charge in [-0.15, -0.1) is 0 Å². The molecule has 0 radical (unpaired) electrons. The second-order valence-corrected chi connectivity index (χ2v) is 11.3. The summed E-state index contributed by atoms with van der Waals surface area (Å²) in [6, 6.07) is 13.3. The molecule has 2 rings (SSSR count). The van der Waals surface area contributed by atoms with Gasteiger partial charge in [-0.2, -0.15) is 0 Å². The van der Waals surface area contributed by atoms with E-state index in [1.54, 1.807) is 13.0 Å². The number of amides is 2. The zero-order chi connectivity index (χ0) is 26.2. The lowest BCUT2D eigenvalue weighted by molar-refractivity contribution is -0.140. The van der Waals surface area contributed by atoms with Gasteiger partial charge in [0.25, 0.3) is 0 Å². The van der Waals surface area contributed by atoms with E-state index in [0.29, 0.717) is 5.02 Å². The lowest BCUT2D eigenvalue weighted by atomic mass is 10.1. The summed E-state index contributed by atoms with van der Waals surface area (Å²) in [5, 5.41) is 3.52. The summed E-state index contributed by atoms with van der Waals surface area (Å²) in [5.41, 5.74) is 1.16. The number of nitrogens with one attached hydrogen (secondary N) is 1. The van der Waals surface area contributed by atoms with Crippen LogP contribution in [0.15, 0.2) is 48.5 Å². The number of carbonyl (C=O) groups is 2. The quantitative estimate of drug-likeness (QED) is 0.415. The minimum absolute atomic E-state index is 0.00982. The molecule has 7 nitrogen and oxygen atoms in total. The first-order valence-electron chi connectivity index (χ1n) is 11.5. The van der Waals surface area contributed by atoms with Crippen molar-refractivity contribution in [2.24, 2.45) is 0 Å². The number of hydrogen-bond donors (Lipinski definition) is 1. The third-order valence-corrected chi connectivity index (χ3v) is 7.43.